The summed E-state index contributed by atoms with van der Waals surface area (Å²) in [6.07, 6.45) is 2.02. The lowest BCUT2D eigenvalue weighted by atomic mass is 9.97. The molecule has 3 rings (SSSR count). The molecule has 0 spiro atoms. The van der Waals surface area contributed by atoms with E-state index in [1.165, 1.54) is 16.4 Å². The predicted molar refractivity (Wildman–Crippen MR) is 119 cm³/mol. The number of likely N-dealkylation sites (tertiary alicyclic amines) is 1. The summed E-state index contributed by atoms with van der Waals surface area (Å²) in [5, 5.41) is 2.98. The second-order valence-electron chi connectivity index (χ2n) is 8.88. The predicted octanol–water partition coefficient (Wildman–Crippen LogP) is 1.14. The van der Waals surface area contributed by atoms with E-state index in [0.29, 0.717) is 32.1 Å². The van der Waals surface area contributed by atoms with Crippen molar-refractivity contribution in [2.45, 2.75) is 31.6 Å². The van der Waals surface area contributed by atoms with Crippen LogP contribution in [0.2, 0.25) is 0 Å². The van der Waals surface area contributed by atoms with Crippen molar-refractivity contribution in [3.8, 4) is 0 Å². The van der Waals surface area contributed by atoms with E-state index in [-0.39, 0.29) is 35.7 Å². The number of sulfonamides is 1. The Balaban J connectivity index is 1.47. The first-order valence-corrected chi connectivity index (χ1v) is 12.6. The summed E-state index contributed by atoms with van der Waals surface area (Å²) in [4.78, 5) is 28.5. The van der Waals surface area contributed by atoms with E-state index in [0.717, 1.165) is 38.1 Å². The number of carbonyl (C=O) groups is 2. The van der Waals surface area contributed by atoms with Crippen LogP contribution in [-0.4, -0.2) is 86.7 Å². The minimum Gasteiger partial charge on any atom is -0.356 e. The topological polar surface area (TPSA) is 90.0 Å². The molecule has 1 aromatic rings. The van der Waals surface area contributed by atoms with Gasteiger partial charge in [-0.15, -0.1) is 0 Å². The smallest absolute Gasteiger partial charge is 0.243 e. The van der Waals surface area contributed by atoms with Gasteiger partial charge in [0, 0.05) is 45.2 Å². The molecular formula is C22H33FN4O4S. The summed E-state index contributed by atoms with van der Waals surface area (Å²) in [6, 6.07) is 4.79. The Kier molecular flexibility index (Phi) is 8.24. The number of carbonyl (C=O) groups excluding carboxylic acids is 2. The summed E-state index contributed by atoms with van der Waals surface area (Å²) >= 11 is 0. The highest BCUT2D eigenvalue weighted by Crippen LogP contribution is 2.19. The molecule has 0 radical (unpaired) electrons. The summed E-state index contributed by atoms with van der Waals surface area (Å²) in [5.41, 5.74) is 0. The van der Waals surface area contributed by atoms with Gasteiger partial charge in [-0.25, -0.2) is 12.8 Å². The van der Waals surface area contributed by atoms with Crippen LogP contribution in [0.15, 0.2) is 29.2 Å². The van der Waals surface area contributed by atoms with Gasteiger partial charge in [0.25, 0.3) is 0 Å². The molecule has 1 atom stereocenters. The van der Waals surface area contributed by atoms with Crippen molar-refractivity contribution < 1.29 is 22.4 Å². The van der Waals surface area contributed by atoms with Crippen LogP contribution in [0.4, 0.5) is 4.39 Å². The van der Waals surface area contributed by atoms with Gasteiger partial charge < -0.3 is 10.2 Å². The van der Waals surface area contributed by atoms with Gasteiger partial charge in [0.15, 0.2) is 0 Å². The van der Waals surface area contributed by atoms with Gasteiger partial charge in [0.05, 0.1) is 11.4 Å². The molecule has 0 saturated carbocycles. The van der Waals surface area contributed by atoms with Crippen LogP contribution in [0.5, 0.6) is 0 Å². The van der Waals surface area contributed by atoms with Crippen molar-refractivity contribution in [2.75, 3.05) is 52.4 Å². The second-order valence-corrected chi connectivity index (χ2v) is 10.8. The molecule has 0 aromatic heterocycles. The Labute approximate surface area is 189 Å². The third-order valence-electron chi connectivity index (χ3n) is 6.09. The Morgan fingerprint density at radius 1 is 1.09 bits per heavy atom. The summed E-state index contributed by atoms with van der Waals surface area (Å²) < 4.78 is 39.9. The average molecular weight is 469 g/mol. The highest BCUT2D eigenvalue weighted by molar-refractivity contribution is 7.89. The highest BCUT2D eigenvalue weighted by atomic mass is 32.2. The molecule has 1 unspecified atom stereocenters. The molecule has 2 aliphatic heterocycles. The average Bonchev–Trinajstić information content (AvgIpc) is 2.78. The van der Waals surface area contributed by atoms with Crippen LogP contribution in [0.3, 0.4) is 0 Å². The molecule has 0 bridgehead atoms. The fourth-order valence-corrected chi connectivity index (χ4v) is 5.56. The largest absolute Gasteiger partial charge is 0.356 e. The Bertz CT molecular complexity index is 899. The quantitative estimate of drug-likeness (QED) is 0.648. The number of nitrogens with zero attached hydrogens (tertiary/aromatic N) is 3. The van der Waals surface area contributed by atoms with Gasteiger partial charge in [0.2, 0.25) is 21.8 Å². The lowest BCUT2D eigenvalue weighted by Gasteiger charge is -2.37. The lowest BCUT2D eigenvalue weighted by molar-refractivity contribution is -0.134. The zero-order valence-electron chi connectivity index (χ0n) is 18.8. The molecule has 1 aromatic carbocycles. The monoisotopic (exact) mass is 468 g/mol. The van der Waals surface area contributed by atoms with Gasteiger partial charge >= 0.3 is 0 Å². The SMILES string of the molecule is CC(C)C(=O)NCC1CCCN(CC(=O)N2CCN(S(=O)(=O)c3ccc(F)cc3)CC2)C1. The maximum Gasteiger partial charge on any atom is 0.243 e. The molecule has 2 amide bonds. The number of nitrogens with one attached hydrogen (secondary N) is 1. The number of piperazine rings is 1. The first kappa shape index (κ1) is 24.6. The van der Waals surface area contributed by atoms with E-state index in [4.69, 9.17) is 0 Å². The number of halogens is 1. The summed E-state index contributed by atoms with van der Waals surface area (Å²) in [6.45, 7) is 7.38. The van der Waals surface area contributed by atoms with Gasteiger partial charge in [-0.1, -0.05) is 13.8 Å². The Morgan fingerprint density at radius 3 is 2.38 bits per heavy atom. The molecular weight excluding hydrogens is 435 g/mol. The van der Waals surface area contributed by atoms with Gasteiger partial charge in [-0.3, -0.25) is 14.5 Å². The molecule has 32 heavy (non-hydrogen) atoms. The van der Waals surface area contributed by atoms with Crippen LogP contribution in [-0.2, 0) is 19.6 Å². The zero-order chi connectivity index (χ0) is 23.3. The molecule has 2 aliphatic rings. The normalized spacial score (nSPS) is 21.0. The molecule has 1 N–H and O–H groups in total. The number of hydrogen-bond acceptors (Lipinski definition) is 5. The third-order valence-corrected chi connectivity index (χ3v) is 8.01. The Morgan fingerprint density at radius 2 is 1.75 bits per heavy atom. The van der Waals surface area contributed by atoms with Crippen molar-refractivity contribution in [2.24, 2.45) is 11.8 Å². The maximum atomic E-state index is 13.1. The first-order chi connectivity index (χ1) is 15.2. The van der Waals surface area contributed by atoms with Crippen molar-refractivity contribution >= 4 is 21.8 Å². The van der Waals surface area contributed by atoms with Crippen LogP contribution < -0.4 is 5.32 Å². The van der Waals surface area contributed by atoms with E-state index < -0.39 is 15.8 Å². The highest BCUT2D eigenvalue weighted by Gasteiger charge is 2.31. The minimum atomic E-state index is -3.70. The molecule has 2 saturated heterocycles. The second kappa shape index (κ2) is 10.7. The van der Waals surface area contributed by atoms with Crippen LogP contribution in [0, 0.1) is 17.7 Å². The minimum absolute atomic E-state index is 0.00399. The van der Waals surface area contributed by atoms with E-state index in [2.05, 4.69) is 10.2 Å². The van der Waals surface area contributed by atoms with Gasteiger partial charge in [0.1, 0.15) is 5.82 Å². The molecule has 178 valence electrons. The maximum absolute atomic E-state index is 13.1. The fourth-order valence-electron chi connectivity index (χ4n) is 4.14. The third kappa shape index (κ3) is 6.26. The van der Waals surface area contributed by atoms with Crippen molar-refractivity contribution in [3.05, 3.63) is 30.1 Å². The fraction of sp³-hybridized carbons (Fsp3) is 0.636. The summed E-state index contributed by atoms with van der Waals surface area (Å²) in [5.74, 6) is -0.150. The van der Waals surface area contributed by atoms with E-state index >= 15 is 0 Å². The molecule has 10 heteroatoms. The number of hydrogen-bond donors (Lipinski definition) is 1. The lowest BCUT2D eigenvalue weighted by Crippen LogP contribution is -2.53. The van der Waals surface area contributed by atoms with Crippen LogP contribution in [0.25, 0.3) is 0 Å². The number of rotatable bonds is 7. The van der Waals surface area contributed by atoms with E-state index in [1.54, 1.807) is 4.90 Å². The summed E-state index contributed by atoms with van der Waals surface area (Å²) in [7, 11) is -3.70. The van der Waals surface area contributed by atoms with Crippen molar-refractivity contribution in [1.29, 1.82) is 0 Å². The van der Waals surface area contributed by atoms with Crippen LogP contribution >= 0.6 is 0 Å². The standard InChI is InChI=1S/C22H33FN4O4S/c1-17(2)22(29)24-14-18-4-3-9-25(15-18)16-21(28)26-10-12-27(13-11-26)32(30,31)20-7-5-19(23)6-8-20/h5-8,17-18H,3-4,9-16H2,1-2H3,(H,24,29). The number of amides is 2. The van der Waals surface area contributed by atoms with Gasteiger partial charge in [-0.05, 0) is 49.6 Å². The first-order valence-electron chi connectivity index (χ1n) is 11.2. The number of benzene rings is 1. The zero-order valence-corrected chi connectivity index (χ0v) is 19.6. The van der Waals surface area contributed by atoms with Crippen molar-refractivity contribution in [1.82, 2.24) is 19.4 Å². The van der Waals surface area contributed by atoms with Crippen LogP contribution in [0.1, 0.15) is 26.7 Å². The number of piperidine rings is 1. The molecule has 0 aliphatic carbocycles. The van der Waals surface area contributed by atoms with E-state index in [1.807, 2.05) is 13.8 Å². The van der Waals surface area contributed by atoms with E-state index in [9.17, 15) is 22.4 Å². The molecule has 8 nitrogen and oxygen atoms in total. The molecule has 2 fully saturated rings. The van der Waals surface area contributed by atoms with Gasteiger partial charge in [-0.2, -0.15) is 4.31 Å². The Hall–Kier alpha value is -2.04. The van der Waals surface area contributed by atoms with Crippen molar-refractivity contribution in [3.63, 3.8) is 0 Å². The molecule has 2 heterocycles.